The van der Waals surface area contributed by atoms with Gasteiger partial charge in [0, 0.05) is 16.1 Å². The van der Waals surface area contributed by atoms with E-state index in [-0.39, 0.29) is 18.6 Å². The van der Waals surface area contributed by atoms with E-state index in [9.17, 15) is 9.59 Å². The van der Waals surface area contributed by atoms with Crippen molar-refractivity contribution >= 4 is 23.5 Å². The lowest BCUT2D eigenvalue weighted by molar-refractivity contribution is -0.147. The van der Waals surface area contributed by atoms with E-state index in [0.29, 0.717) is 16.3 Å². The molecule has 138 valence electrons. The number of nitrogens with one attached hydrogen (secondary N) is 1. The molecule has 6 heteroatoms. The number of carbonyl (C=O) groups is 2. The van der Waals surface area contributed by atoms with E-state index in [2.05, 4.69) is 5.32 Å². The fourth-order valence-electron chi connectivity index (χ4n) is 2.32. The van der Waals surface area contributed by atoms with Gasteiger partial charge in [-0.25, -0.2) is 0 Å². The van der Waals surface area contributed by atoms with Crippen LogP contribution < -0.4 is 10.1 Å². The maximum absolute atomic E-state index is 12.1. The summed E-state index contributed by atoms with van der Waals surface area (Å²) >= 11 is 6.08. The van der Waals surface area contributed by atoms with Gasteiger partial charge in [-0.2, -0.15) is 0 Å². The monoisotopic (exact) mass is 375 g/mol. The highest BCUT2D eigenvalue weighted by molar-refractivity contribution is 6.31. The molecule has 0 aromatic heterocycles. The number of carbonyl (C=O) groups excluding carboxylic acids is 2. The van der Waals surface area contributed by atoms with E-state index >= 15 is 0 Å². The molecule has 0 aliphatic rings. The Morgan fingerprint density at radius 3 is 2.31 bits per heavy atom. The van der Waals surface area contributed by atoms with Crippen molar-refractivity contribution in [3.63, 3.8) is 0 Å². The molecular formula is C20H22ClNO4. The number of amides is 1. The molecule has 2 rings (SSSR count). The Morgan fingerprint density at radius 2 is 1.69 bits per heavy atom. The second-order valence-electron chi connectivity index (χ2n) is 6.03. The summed E-state index contributed by atoms with van der Waals surface area (Å²) in [6, 6.07) is 13.9. The number of hydrogen-bond donors (Lipinski definition) is 1. The van der Waals surface area contributed by atoms with Crippen LogP contribution in [0.3, 0.4) is 0 Å². The van der Waals surface area contributed by atoms with Gasteiger partial charge in [-0.1, -0.05) is 29.8 Å². The average molecular weight is 376 g/mol. The molecule has 1 atom stereocenters. The molecule has 0 aliphatic heterocycles. The van der Waals surface area contributed by atoms with E-state index in [4.69, 9.17) is 21.1 Å². The Bertz CT molecular complexity index is 759. The molecule has 5 nitrogen and oxygen atoms in total. The second-order valence-corrected chi connectivity index (χ2v) is 6.43. The summed E-state index contributed by atoms with van der Waals surface area (Å²) < 4.78 is 10.8. The zero-order chi connectivity index (χ0) is 19.1. The van der Waals surface area contributed by atoms with E-state index in [0.717, 1.165) is 5.56 Å². The maximum atomic E-state index is 12.1. The van der Waals surface area contributed by atoms with Gasteiger partial charge in [0.25, 0.3) is 5.91 Å². The summed E-state index contributed by atoms with van der Waals surface area (Å²) in [5, 5.41) is 3.07. The third kappa shape index (κ3) is 5.77. The van der Waals surface area contributed by atoms with Crippen LogP contribution in [0.1, 0.15) is 42.8 Å². The Hall–Kier alpha value is -2.53. The molecule has 2 aromatic rings. The predicted molar refractivity (Wildman–Crippen MR) is 100 cm³/mol. The van der Waals surface area contributed by atoms with Gasteiger partial charge in [0.05, 0.1) is 6.10 Å². The molecule has 0 aliphatic carbocycles. The van der Waals surface area contributed by atoms with Crippen LogP contribution in [0.15, 0.2) is 48.5 Å². The van der Waals surface area contributed by atoms with Crippen molar-refractivity contribution in [1.82, 2.24) is 5.32 Å². The lowest BCUT2D eigenvalue weighted by atomic mass is 10.1. The molecule has 0 heterocycles. The normalized spacial score (nSPS) is 11.7. The van der Waals surface area contributed by atoms with Crippen molar-refractivity contribution in [3.05, 3.63) is 64.7 Å². The second kappa shape index (κ2) is 9.25. The van der Waals surface area contributed by atoms with Crippen molar-refractivity contribution < 1.29 is 19.1 Å². The van der Waals surface area contributed by atoms with Gasteiger partial charge in [0.1, 0.15) is 18.4 Å². The van der Waals surface area contributed by atoms with E-state index in [1.807, 2.05) is 19.9 Å². The summed E-state index contributed by atoms with van der Waals surface area (Å²) in [5.74, 6) is -0.210. The van der Waals surface area contributed by atoms with Gasteiger partial charge in [-0.15, -0.1) is 0 Å². The number of ether oxygens (including phenoxy) is 2. The fourth-order valence-corrected chi connectivity index (χ4v) is 2.61. The van der Waals surface area contributed by atoms with Gasteiger partial charge in [-0.3, -0.25) is 9.59 Å². The summed E-state index contributed by atoms with van der Waals surface area (Å²) in [4.78, 5) is 24.1. The molecular weight excluding hydrogens is 354 g/mol. The van der Waals surface area contributed by atoms with Gasteiger partial charge < -0.3 is 14.8 Å². The molecule has 0 radical (unpaired) electrons. The lowest BCUT2D eigenvalue weighted by Crippen LogP contribution is -2.31. The number of esters is 1. The van der Waals surface area contributed by atoms with E-state index < -0.39 is 12.1 Å². The largest absolute Gasteiger partial charge is 0.491 e. The molecule has 1 amide bonds. The van der Waals surface area contributed by atoms with Crippen LogP contribution in [0.5, 0.6) is 5.75 Å². The minimum atomic E-state index is -0.537. The van der Waals surface area contributed by atoms with Gasteiger partial charge >= 0.3 is 5.97 Å². The summed E-state index contributed by atoms with van der Waals surface area (Å²) in [5.41, 5.74) is 1.16. The molecule has 2 aromatic carbocycles. The molecule has 0 saturated heterocycles. The van der Waals surface area contributed by atoms with Crippen LogP contribution in [0.25, 0.3) is 0 Å². The first-order valence-electron chi connectivity index (χ1n) is 8.35. The lowest BCUT2D eigenvalue weighted by Gasteiger charge is -2.15. The fraction of sp³-hybridized carbons (Fsp3) is 0.300. The molecule has 0 bridgehead atoms. The van der Waals surface area contributed by atoms with Crippen LogP contribution in [0, 0.1) is 0 Å². The average Bonchev–Trinajstić information content (AvgIpc) is 2.60. The summed E-state index contributed by atoms with van der Waals surface area (Å²) in [7, 11) is 0. The van der Waals surface area contributed by atoms with Gasteiger partial charge in [0.15, 0.2) is 0 Å². The smallest absolute Gasteiger partial charge is 0.326 e. The van der Waals surface area contributed by atoms with Crippen LogP contribution in [0.2, 0.25) is 5.02 Å². The van der Waals surface area contributed by atoms with Crippen LogP contribution in [-0.4, -0.2) is 24.5 Å². The first kappa shape index (κ1) is 19.8. The SMILES string of the molecule is CC(C)Oc1ccc(C(=O)NCC(=O)OC(C)c2ccccc2Cl)cc1. The standard InChI is InChI=1S/C20H22ClNO4/c1-13(2)25-16-10-8-15(9-11-16)20(24)22-12-19(23)26-14(3)17-6-4-5-7-18(17)21/h4-11,13-14H,12H2,1-3H3,(H,22,24). The minimum absolute atomic E-state index is 0.0598. The molecule has 1 N–H and O–H groups in total. The number of halogens is 1. The Kier molecular flexibility index (Phi) is 7.04. The van der Waals surface area contributed by atoms with E-state index in [1.54, 1.807) is 49.4 Å². The Balaban J connectivity index is 1.85. The predicted octanol–water partition coefficient (Wildman–Crippen LogP) is 4.16. The van der Waals surface area contributed by atoms with Crippen molar-refractivity contribution in [2.24, 2.45) is 0 Å². The zero-order valence-corrected chi connectivity index (χ0v) is 15.7. The zero-order valence-electron chi connectivity index (χ0n) is 15.0. The van der Waals surface area contributed by atoms with Crippen LogP contribution in [-0.2, 0) is 9.53 Å². The first-order valence-corrected chi connectivity index (χ1v) is 8.73. The number of rotatable bonds is 7. The molecule has 0 spiro atoms. The first-order chi connectivity index (χ1) is 12.4. The topological polar surface area (TPSA) is 64.6 Å². The molecule has 1 unspecified atom stereocenters. The number of benzene rings is 2. The summed E-state index contributed by atoms with van der Waals surface area (Å²) in [6.45, 7) is 5.36. The molecule has 0 fully saturated rings. The van der Waals surface area contributed by atoms with Crippen LogP contribution in [0.4, 0.5) is 0 Å². The van der Waals surface area contributed by atoms with Crippen molar-refractivity contribution in [2.45, 2.75) is 33.0 Å². The van der Waals surface area contributed by atoms with Crippen molar-refractivity contribution in [2.75, 3.05) is 6.54 Å². The highest BCUT2D eigenvalue weighted by Crippen LogP contribution is 2.24. The summed E-state index contributed by atoms with van der Waals surface area (Å²) in [6.07, 6.45) is -0.440. The number of hydrogen-bond acceptors (Lipinski definition) is 4. The third-order valence-electron chi connectivity index (χ3n) is 3.53. The third-order valence-corrected chi connectivity index (χ3v) is 3.88. The quantitative estimate of drug-likeness (QED) is 0.738. The highest BCUT2D eigenvalue weighted by Gasteiger charge is 2.15. The van der Waals surface area contributed by atoms with Gasteiger partial charge in [-0.05, 0) is 51.1 Å². The van der Waals surface area contributed by atoms with Crippen LogP contribution >= 0.6 is 11.6 Å². The van der Waals surface area contributed by atoms with E-state index in [1.165, 1.54) is 0 Å². The highest BCUT2D eigenvalue weighted by atomic mass is 35.5. The van der Waals surface area contributed by atoms with Crippen molar-refractivity contribution in [1.29, 1.82) is 0 Å². The molecule has 26 heavy (non-hydrogen) atoms. The maximum Gasteiger partial charge on any atom is 0.326 e. The minimum Gasteiger partial charge on any atom is -0.491 e. The Morgan fingerprint density at radius 1 is 1.04 bits per heavy atom. The Labute approximate surface area is 158 Å². The molecule has 0 saturated carbocycles. The van der Waals surface area contributed by atoms with Gasteiger partial charge in [0.2, 0.25) is 0 Å². The van der Waals surface area contributed by atoms with Crippen molar-refractivity contribution in [3.8, 4) is 5.75 Å².